The third kappa shape index (κ3) is 3.73. The zero-order valence-corrected chi connectivity index (χ0v) is 11.0. The Labute approximate surface area is 108 Å². The molecule has 0 bridgehead atoms. The van der Waals surface area contributed by atoms with Gasteiger partial charge in [-0.3, -0.25) is 0 Å². The van der Waals surface area contributed by atoms with Gasteiger partial charge < -0.3 is 10.4 Å². The summed E-state index contributed by atoms with van der Waals surface area (Å²) in [6.07, 6.45) is 4.52. The number of hydrogen-bond donors (Lipinski definition) is 2. The summed E-state index contributed by atoms with van der Waals surface area (Å²) in [7, 11) is 0. The van der Waals surface area contributed by atoms with Gasteiger partial charge in [0.2, 0.25) is 0 Å². The quantitative estimate of drug-likeness (QED) is 0.731. The molecule has 0 saturated carbocycles. The van der Waals surface area contributed by atoms with Gasteiger partial charge in [0.05, 0.1) is 0 Å². The molecule has 1 atom stereocenters. The molecule has 94 valence electrons. The van der Waals surface area contributed by atoms with Crippen molar-refractivity contribution in [1.82, 2.24) is 5.32 Å². The molecule has 0 saturated heterocycles. The van der Waals surface area contributed by atoms with Crippen molar-refractivity contribution in [2.75, 3.05) is 18.9 Å². The van der Waals surface area contributed by atoms with Gasteiger partial charge in [0.15, 0.2) is 0 Å². The molecule has 0 spiro atoms. The van der Waals surface area contributed by atoms with Gasteiger partial charge in [-0.2, -0.15) is 0 Å². The molecule has 2 N–H and O–H groups in total. The summed E-state index contributed by atoms with van der Waals surface area (Å²) in [5.41, 5.74) is 1.47. The lowest BCUT2D eigenvalue weighted by molar-refractivity contribution is 0.282. The molecule has 0 aliphatic carbocycles. The van der Waals surface area contributed by atoms with E-state index in [-0.39, 0.29) is 0 Å². The van der Waals surface area contributed by atoms with Crippen LogP contribution in [-0.2, 0) is 0 Å². The second-order valence-corrected chi connectivity index (χ2v) is 5.56. The number of aliphatic hydroxyl groups is 1. The predicted octanol–water partition coefficient (Wildman–Crippen LogP) is 2.98. The molecule has 0 radical (unpaired) electrons. The van der Waals surface area contributed by atoms with E-state index in [4.69, 9.17) is 5.11 Å². The number of hydrogen-bond acceptors (Lipinski definition) is 3. The summed E-state index contributed by atoms with van der Waals surface area (Å²) in [4.78, 5) is 1.44. The van der Waals surface area contributed by atoms with E-state index in [0.29, 0.717) is 12.6 Å². The van der Waals surface area contributed by atoms with Crippen molar-refractivity contribution < 1.29 is 5.11 Å². The molecule has 2 nitrogen and oxygen atoms in total. The monoisotopic (exact) mass is 251 g/mol. The minimum Gasteiger partial charge on any atom is -0.396 e. The van der Waals surface area contributed by atoms with E-state index in [2.05, 4.69) is 29.6 Å². The van der Waals surface area contributed by atoms with Crippen LogP contribution in [0.5, 0.6) is 0 Å². The third-order valence-electron chi connectivity index (χ3n) is 3.18. The smallest absolute Gasteiger partial charge is 0.0431 e. The van der Waals surface area contributed by atoms with Crippen molar-refractivity contribution in [3.63, 3.8) is 0 Å². The Balaban J connectivity index is 1.68. The van der Waals surface area contributed by atoms with Crippen molar-refractivity contribution in [3.8, 4) is 0 Å². The number of benzene rings is 1. The lowest BCUT2D eigenvalue weighted by atomic mass is 10.1. The SMILES string of the molecule is OCCCCCCNC1CSc2ccccc21. The van der Waals surface area contributed by atoms with Crippen LogP contribution in [0.4, 0.5) is 0 Å². The molecule has 17 heavy (non-hydrogen) atoms. The Morgan fingerprint density at radius 2 is 2.00 bits per heavy atom. The van der Waals surface area contributed by atoms with E-state index < -0.39 is 0 Å². The molecular weight excluding hydrogens is 230 g/mol. The van der Waals surface area contributed by atoms with Crippen molar-refractivity contribution in [2.45, 2.75) is 36.6 Å². The summed E-state index contributed by atoms with van der Waals surface area (Å²) >= 11 is 1.95. The van der Waals surface area contributed by atoms with Crippen LogP contribution in [0.1, 0.15) is 37.3 Å². The molecule has 3 heteroatoms. The van der Waals surface area contributed by atoms with Gasteiger partial charge in [-0.15, -0.1) is 11.8 Å². The largest absolute Gasteiger partial charge is 0.396 e. The predicted molar refractivity (Wildman–Crippen MR) is 73.5 cm³/mol. The summed E-state index contributed by atoms with van der Waals surface area (Å²) in [6, 6.07) is 9.22. The van der Waals surface area contributed by atoms with Crippen LogP contribution in [-0.4, -0.2) is 24.0 Å². The minimum atomic E-state index is 0.333. The fourth-order valence-corrected chi connectivity index (χ4v) is 3.39. The second-order valence-electron chi connectivity index (χ2n) is 4.49. The van der Waals surface area contributed by atoms with E-state index in [1.807, 2.05) is 11.8 Å². The zero-order valence-electron chi connectivity index (χ0n) is 10.2. The molecule has 1 aliphatic rings. The van der Waals surface area contributed by atoms with Crippen LogP contribution in [0.3, 0.4) is 0 Å². The maximum Gasteiger partial charge on any atom is 0.0431 e. The molecule has 1 aromatic rings. The van der Waals surface area contributed by atoms with Crippen LogP contribution in [0, 0.1) is 0 Å². The average molecular weight is 251 g/mol. The van der Waals surface area contributed by atoms with Gasteiger partial charge in [-0.05, 0) is 31.0 Å². The first-order valence-electron chi connectivity index (χ1n) is 6.48. The topological polar surface area (TPSA) is 32.3 Å². The molecule has 1 heterocycles. The van der Waals surface area contributed by atoms with Gasteiger partial charge >= 0.3 is 0 Å². The number of thioether (sulfide) groups is 1. The Kier molecular flexibility index (Phi) is 5.36. The maximum atomic E-state index is 8.69. The van der Waals surface area contributed by atoms with Crippen LogP contribution in [0.15, 0.2) is 29.2 Å². The van der Waals surface area contributed by atoms with Gasteiger partial charge in [0.1, 0.15) is 0 Å². The molecule has 0 aromatic heterocycles. The average Bonchev–Trinajstić information content (AvgIpc) is 2.77. The highest BCUT2D eigenvalue weighted by Crippen LogP contribution is 2.37. The Morgan fingerprint density at radius 3 is 2.88 bits per heavy atom. The van der Waals surface area contributed by atoms with Gasteiger partial charge in [0.25, 0.3) is 0 Å². The van der Waals surface area contributed by atoms with Gasteiger partial charge in [-0.1, -0.05) is 31.0 Å². The number of rotatable bonds is 7. The number of aliphatic hydroxyl groups excluding tert-OH is 1. The fourth-order valence-electron chi connectivity index (χ4n) is 2.20. The second kappa shape index (κ2) is 7.04. The van der Waals surface area contributed by atoms with Crippen LogP contribution in [0.2, 0.25) is 0 Å². The number of fused-ring (bicyclic) bond motifs is 1. The summed E-state index contributed by atoms with van der Waals surface area (Å²) in [6.45, 7) is 1.42. The first-order valence-corrected chi connectivity index (χ1v) is 7.46. The fraction of sp³-hybridized carbons (Fsp3) is 0.571. The number of unbranched alkanes of at least 4 members (excludes halogenated alkanes) is 3. The minimum absolute atomic E-state index is 0.333. The van der Waals surface area contributed by atoms with E-state index >= 15 is 0 Å². The maximum absolute atomic E-state index is 8.69. The third-order valence-corrected chi connectivity index (χ3v) is 4.36. The van der Waals surface area contributed by atoms with Crippen molar-refractivity contribution in [1.29, 1.82) is 0 Å². The normalized spacial score (nSPS) is 18.3. The summed E-state index contributed by atoms with van der Waals surface area (Å²) in [5.74, 6) is 1.16. The lowest BCUT2D eigenvalue weighted by Crippen LogP contribution is -2.22. The molecular formula is C14H21NOS. The Bertz CT molecular complexity index is 343. The zero-order chi connectivity index (χ0) is 11.9. The van der Waals surface area contributed by atoms with E-state index in [9.17, 15) is 0 Å². The van der Waals surface area contributed by atoms with Gasteiger partial charge in [-0.25, -0.2) is 0 Å². The van der Waals surface area contributed by atoms with Crippen LogP contribution >= 0.6 is 11.8 Å². The Morgan fingerprint density at radius 1 is 1.18 bits per heavy atom. The van der Waals surface area contributed by atoms with E-state index in [1.54, 1.807) is 0 Å². The number of nitrogens with one attached hydrogen (secondary N) is 1. The molecule has 1 aromatic carbocycles. The van der Waals surface area contributed by atoms with E-state index in [1.165, 1.54) is 23.3 Å². The summed E-state index contributed by atoms with van der Waals surface area (Å²) < 4.78 is 0. The summed E-state index contributed by atoms with van der Waals surface area (Å²) in [5, 5.41) is 12.3. The molecule has 0 fully saturated rings. The Hall–Kier alpha value is -0.510. The highest BCUT2D eigenvalue weighted by molar-refractivity contribution is 7.99. The molecule has 1 aliphatic heterocycles. The highest BCUT2D eigenvalue weighted by Gasteiger charge is 2.21. The highest BCUT2D eigenvalue weighted by atomic mass is 32.2. The molecule has 2 rings (SSSR count). The first kappa shape index (κ1) is 12.9. The standard InChI is InChI=1S/C14H21NOS/c16-10-6-2-1-5-9-15-13-11-17-14-8-4-3-7-12(13)14/h3-4,7-8,13,15-16H,1-2,5-6,9-11H2. The molecule has 1 unspecified atom stereocenters. The molecule has 0 amide bonds. The lowest BCUT2D eigenvalue weighted by Gasteiger charge is -2.12. The van der Waals surface area contributed by atoms with E-state index in [0.717, 1.165) is 25.1 Å². The van der Waals surface area contributed by atoms with Crippen molar-refractivity contribution >= 4 is 11.8 Å². The first-order chi connectivity index (χ1) is 8.42. The van der Waals surface area contributed by atoms with Crippen molar-refractivity contribution in [2.24, 2.45) is 0 Å². The van der Waals surface area contributed by atoms with Gasteiger partial charge in [0, 0.05) is 23.3 Å². The van der Waals surface area contributed by atoms with Crippen LogP contribution in [0.25, 0.3) is 0 Å². The van der Waals surface area contributed by atoms with Crippen LogP contribution < -0.4 is 5.32 Å². The van der Waals surface area contributed by atoms with Crippen molar-refractivity contribution in [3.05, 3.63) is 29.8 Å².